The van der Waals surface area contributed by atoms with Gasteiger partial charge in [-0.05, 0) is 85.7 Å². The number of halogens is 3. The minimum absolute atomic E-state index is 0.0397. The maximum Gasteiger partial charge on any atom is 0.416 e. The Kier molecular flexibility index (Phi) is 6.66. The van der Waals surface area contributed by atoms with E-state index in [1.165, 1.54) is 12.1 Å². The van der Waals surface area contributed by atoms with Crippen LogP contribution in [0.1, 0.15) is 58.3 Å². The van der Waals surface area contributed by atoms with Gasteiger partial charge in [0.05, 0.1) is 11.3 Å². The molecule has 1 aromatic heterocycles. The third kappa shape index (κ3) is 5.25. The number of hydrogen-bond donors (Lipinski definition) is 1. The molecule has 38 heavy (non-hydrogen) atoms. The van der Waals surface area contributed by atoms with Crippen LogP contribution < -0.4 is 10.1 Å². The van der Waals surface area contributed by atoms with Crippen LogP contribution in [0.3, 0.4) is 0 Å². The fourth-order valence-corrected chi connectivity index (χ4v) is 5.10. The van der Waals surface area contributed by atoms with E-state index in [0.29, 0.717) is 30.1 Å². The molecule has 1 saturated heterocycles. The standard InChI is InChI=1S/C28H29F3N4O3/c1-3-20-16-23(34(2)33-20)25(36)32-24-17-27(24)12-14-35(15-13-27)26(37)18-4-8-21(9-5-18)38-22-10-6-19(7-11-22)28(29,30)31/h4-11,16,24H,3,12-15,17H2,1-2H3,(H,32,36). The molecule has 1 aliphatic carbocycles. The number of aromatic nitrogens is 2. The van der Waals surface area contributed by atoms with Gasteiger partial charge in [0, 0.05) is 31.7 Å². The number of amides is 2. The van der Waals surface area contributed by atoms with Crippen molar-refractivity contribution in [1.29, 1.82) is 0 Å². The predicted molar refractivity (Wildman–Crippen MR) is 134 cm³/mol. The van der Waals surface area contributed by atoms with Crippen molar-refractivity contribution in [1.82, 2.24) is 20.0 Å². The first kappa shape index (κ1) is 25.8. The molecular weight excluding hydrogens is 497 g/mol. The van der Waals surface area contributed by atoms with E-state index in [1.54, 1.807) is 36.0 Å². The second-order valence-corrected chi connectivity index (χ2v) is 10.0. The first-order chi connectivity index (χ1) is 18.1. The quantitative estimate of drug-likeness (QED) is 0.478. The van der Waals surface area contributed by atoms with E-state index in [1.807, 2.05) is 17.9 Å². The van der Waals surface area contributed by atoms with Gasteiger partial charge in [-0.25, -0.2) is 0 Å². The summed E-state index contributed by atoms with van der Waals surface area (Å²) in [6.45, 7) is 3.22. The van der Waals surface area contributed by atoms with Crippen molar-refractivity contribution in [2.75, 3.05) is 13.1 Å². The van der Waals surface area contributed by atoms with E-state index in [0.717, 1.165) is 43.5 Å². The molecule has 200 valence electrons. The Balaban J connectivity index is 1.12. The van der Waals surface area contributed by atoms with Crippen LogP contribution >= 0.6 is 0 Å². The molecule has 2 heterocycles. The molecule has 2 amide bonds. The Hall–Kier alpha value is -3.82. The lowest BCUT2D eigenvalue weighted by Crippen LogP contribution is -2.41. The topological polar surface area (TPSA) is 76.5 Å². The highest BCUT2D eigenvalue weighted by molar-refractivity contribution is 5.94. The van der Waals surface area contributed by atoms with Crippen LogP contribution in [0.5, 0.6) is 11.5 Å². The summed E-state index contributed by atoms with van der Waals surface area (Å²) >= 11 is 0. The van der Waals surface area contributed by atoms with Crippen LogP contribution in [0.2, 0.25) is 0 Å². The number of aryl methyl sites for hydroxylation is 2. The van der Waals surface area contributed by atoms with Crippen LogP contribution in [0, 0.1) is 5.41 Å². The summed E-state index contributed by atoms with van der Waals surface area (Å²) in [4.78, 5) is 27.6. The highest BCUT2D eigenvalue weighted by Gasteiger charge is 2.56. The lowest BCUT2D eigenvalue weighted by molar-refractivity contribution is -0.137. The summed E-state index contributed by atoms with van der Waals surface area (Å²) in [6, 6.07) is 13.0. The summed E-state index contributed by atoms with van der Waals surface area (Å²) in [5, 5.41) is 7.49. The number of hydrogen-bond acceptors (Lipinski definition) is 4. The van der Waals surface area contributed by atoms with E-state index in [9.17, 15) is 22.8 Å². The second-order valence-electron chi connectivity index (χ2n) is 10.0. The molecular formula is C28H29F3N4O3. The van der Waals surface area contributed by atoms with Crippen molar-refractivity contribution < 1.29 is 27.5 Å². The maximum atomic E-state index is 13.0. The smallest absolute Gasteiger partial charge is 0.416 e. The van der Waals surface area contributed by atoms with Crippen LogP contribution in [0.15, 0.2) is 54.6 Å². The third-order valence-corrected chi connectivity index (χ3v) is 7.59. The fourth-order valence-electron chi connectivity index (χ4n) is 5.10. The zero-order valence-corrected chi connectivity index (χ0v) is 21.2. The van der Waals surface area contributed by atoms with Gasteiger partial charge in [-0.15, -0.1) is 0 Å². The first-order valence-corrected chi connectivity index (χ1v) is 12.7. The Labute approximate surface area is 218 Å². The molecule has 0 radical (unpaired) electrons. The van der Waals surface area contributed by atoms with Gasteiger partial charge in [0.1, 0.15) is 17.2 Å². The van der Waals surface area contributed by atoms with E-state index in [4.69, 9.17) is 4.74 Å². The Morgan fingerprint density at radius 3 is 2.21 bits per heavy atom. The molecule has 1 spiro atoms. The van der Waals surface area contributed by atoms with Gasteiger partial charge in [0.25, 0.3) is 11.8 Å². The van der Waals surface area contributed by atoms with E-state index in [-0.39, 0.29) is 29.0 Å². The summed E-state index contributed by atoms with van der Waals surface area (Å²) in [7, 11) is 1.77. The van der Waals surface area contributed by atoms with Crippen molar-refractivity contribution >= 4 is 11.8 Å². The largest absolute Gasteiger partial charge is 0.457 e. The number of ether oxygens (including phenoxy) is 1. The molecule has 7 nitrogen and oxygen atoms in total. The molecule has 1 aliphatic heterocycles. The number of nitrogens with one attached hydrogen (secondary N) is 1. The summed E-state index contributed by atoms with van der Waals surface area (Å²) in [5.74, 6) is 0.511. The van der Waals surface area contributed by atoms with Gasteiger partial charge in [-0.2, -0.15) is 18.3 Å². The number of likely N-dealkylation sites (tertiary alicyclic amines) is 1. The van der Waals surface area contributed by atoms with E-state index >= 15 is 0 Å². The van der Waals surface area contributed by atoms with E-state index in [2.05, 4.69) is 10.4 Å². The monoisotopic (exact) mass is 526 g/mol. The van der Waals surface area contributed by atoms with Crippen LogP contribution in [0.4, 0.5) is 13.2 Å². The van der Waals surface area contributed by atoms with Gasteiger partial charge in [-0.3, -0.25) is 14.3 Å². The Bertz CT molecular complexity index is 1320. The van der Waals surface area contributed by atoms with Crippen LogP contribution in [-0.2, 0) is 19.6 Å². The number of alkyl halides is 3. The number of piperidine rings is 1. The highest BCUT2D eigenvalue weighted by Crippen LogP contribution is 2.54. The SMILES string of the molecule is CCc1cc(C(=O)NC2CC23CCN(C(=O)c2ccc(Oc4ccc(C(F)(F)F)cc4)cc2)CC3)n(C)n1. The highest BCUT2D eigenvalue weighted by atomic mass is 19.4. The lowest BCUT2D eigenvalue weighted by atomic mass is 9.92. The van der Waals surface area contributed by atoms with Gasteiger partial charge < -0.3 is 15.0 Å². The average molecular weight is 527 g/mol. The minimum Gasteiger partial charge on any atom is -0.457 e. The molecule has 0 bridgehead atoms. The number of benzene rings is 2. The predicted octanol–water partition coefficient (Wildman–Crippen LogP) is 5.22. The van der Waals surface area contributed by atoms with Crippen molar-refractivity contribution in [3.05, 3.63) is 77.1 Å². The zero-order chi connectivity index (χ0) is 27.1. The van der Waals surface area contributed by atoms with Crippen LogP contribution in [0.25, 0.3) is 0 Å². The second kappa shape index (κ2) is 9.81. The molecule has 2 aliphatic rings. The Morgan fingerprint density at radius 1 is 1.05 bits per heavy atom. The van der Waals surface area contributed by atoms with Gasteiger partial charge >= 0.3 is 6.18 Å². The van der Waals surface area contributed by atoms with Crippen molar-refractivity contribution in [3.8, 4) is 11.5 Å². The van der Waals surface area contributed by atoms with Crippen molar-refractivity contribution in [2.45, 2.75) is 44.8 Å². The van der Waals surface area contributed by atoms with Gasteiger partial charge in [0.2, 0.25) is 0 Å². The van der Waals surface area contributed by atoms with Gasteiger partial charge in [-0.1, -0.05) is 6.92 Å². The molecule has 1 unspecified atom stereocenters. The minimum atomic E-state index is -4.40. The fraction of sp³-hybridized carbons (Fsp3) is 0.393. The Morgan fingerprint density at radius 2 is 1.66 bits per heavy atom. The summed E-state index contributed by atoms with van der Waals surface area (Å²) in [5.41, 5.74) is 1.26. The molecule has 2 aromatic carbocycles. The number of rotatable bonds is 6. The average Bonchev–Trinajstić information content (AvgIpc) is 3.39. The third-order valence-electron chi connectivity index (χ3n) is 7.59. The number of carbonyl (C=O) groups is 2. The zero-order valence-electron chi connectivity index (χ0n) is 21.2. The number of nitrogens with zero attached hydrogens (tertiary/aromatic N) is 3. The maximum absolute atomic E-state index is 13.0. The molecule has 1 saturated carbocycles. The molecule has 5 rings (SSSR count). The summed E-state index contributed by atoms with van der Waals surface area (Å²) in [6.07, 6.45) is -1.07. The molecule has 3 aromatic rings. The first-order valence-electron chi connectivity index (χ1n) is 12.7. The van der Waals surface area contributed by atoms with E-state index < -0.39 is 11.7 Å². The molecule has 2 fully saturated rings. The van der Waals surface area contributed by atoms with Crippen molar-refractivity contribution in [2.24, 2.45) is 12.5 Å². The normalized spacial score (nSPS) is 18.3. The molecule has 10 heteroatoms. The number of carbonyl (C=O) groups excluding carboxylic acids is 2. The van der Waals surface area contributed by atoms with Gasteiger partial charge in [0.15, 0.2) is 0 Å². The van der Waals surface area contributed by atoms with Crippen LogP contribution in [-0.4, -0.2) is 45.6 Å². The summed E-state index contributed by atoms with van der Waals surface area (Å²) < 4.78 is 45.4. The van der Waals surface area contributed by atoms with Crippen molar-refractivity contribution in [3.63, 3.8) is 0 Å². The lowest BCUT2D eigenvalue weighted by Gasteiger charge is -2.33. The molecule has 1 N–H and O–H groups in total. The molecule has 1 atom stereocenters.